The van der Waals surface area contributed by atoms with Crippen LogP contribution in [0.4, 0.5) is 15.6 Å². The summed E-state index contributed by atoms with van der Waals surface area (Å²) in [6, 6.07) is 13.2. The molecule has 17 heteroatoms. The molecule has 2 N–H and O–H groups in total. The van der Waals surface area contributed by atoms with Crippen molar-refractivity contribution in [2.45, 2.75) is 0 Å². The number of benzene rings is 2. The zero-order valence-electron chi connectivity index (χ0n) is 22.9. The fourth-order valence-corrected chi connectivity index (χ4v) is 3.69. The molecule has 0 aliphatic rings. The van der Waals surface area contributed by atoms with Gasteiger partial charge in [-0.25, -0.2) is 13.3 Å². The summed E-state index contributed by atoms with van der Waals surface area (Å²) in [4.78, 5) is 20.7. The Morgan fingerprint density at radius 1 is 0.795 bits per heavy atom. The maximum Gasteiger partial charge on any atom is 0.450 e. The Balaban J connectivity index is 0.000000234. The fraction of sp³-hybridized carbons (Fsp3) is 0.364. The maximum atomic E-state index is 10.1. The third kappa shape index (κ3) is 8.43. The van der Waals surface area contributed by atoms with Gasteiger partial charge in [-0.15, -0.1) is 0 Å². The second kappa shape index (κ2) is 13.6. The van der Waals surface area contributed by atoms with E-state index in [0.717, 1.165) is 45.5 Å². The Bertz CT molecular complexity index is 1380. The summed E-state index contributed by atoms with van der Waals surface area (Å²) in [6.45, 7) is 0. The van der Waals surface area contributed by atoms with Gasteiger partial charge in [0.05, 0.1) is 56.5 Å². The van der Waals surface area contributed by atoms with Crippen molar-refractivity contribution in [3.8, 4) is 0 Å². The first-order valence-corrected chi connectivity index (χ1v) is 12.7. The Morgan fingerprint density at radius 3 is 1.41 bits per heavy atom. The van der Waals surface area contributed by atoms with Crippen molar-refractivity contribution in [2.24, 2.45) is 0 Å². The molecule has 2 aromatic carbocycles. The normalized spacial score (nSPS) is 10.5. The highest BCUT2D eigenvalue weighted by molar-refractivity contribution is 7.42. The minimum absolute atomic E-state index is 0.737. The molecule has 39 heavy (non-hydrogen) atoms. The summed E-state index contributed by atoms with van der Waals surface area (Å²) in [5.74, 6) is 0. The number of hydrogen-bond acceptors (Lipinski definition) is 9. The number of H-pyrrole nitrogens is 2. The second-order valence-electron chi connectivity index (χ2n) is 8.25. The van der Waals surface area contributed by atoms with Gasteiger partial charge in [0.2, 0.25) is 0 Å². The topological polar surface area (TPSA) is 177 Å². The molecule has 0 unspecified atom stereocenters. The molecule has 2 heterocycles. The number of para-hydroxylation sites is 2. The zero-order chi connectivity index (χ0) is 29.3. The summed E-state index contributed by atoms with van der Waals surface area (Å²) >= 11 is 0. The van der Waals surface area contributed by atoms with Crippen LogP contribution in [0.3, 0.4) is 0 Å². The van der Waals surface area contributed by atoms with Gasteiger partial charge in [-0.2, -0.15) is 40.6 Å². The van der Waals surface area contributed by atoms with Gasteiger partial charge in [-0.1, -0.05) is 12.1 Å². The molecule has 15 nitrogen and oxygen atoms in total. The molecular weight excluding hydrogens is 534 g/mol. The lowest BCUT2D eigenvalue weighted by molar-refractivity contribution is -0.475. The summed E-state index contributed by atoms with van der Waals surface area (Å²) < 4.78 is 33.1. The Labute approximate surface area is 224 Å². The van der Waals surface area contributed by atoms with Crippen LogP contribution in [-0.4, -0.2) is 109 Å². The molecule has 0 spiro atoms. The molecule has 0 radical (unpaired) electrons. The molecule has 0 aliphatic heterocycles. The molecule has 2 aromatic heterocycles. The van der Waals surface area contributed by atoms with E-state index in [-0.39, 0.29) is 0 Å². The van der Waals surface area contributed by atoms with E-state index in [2.05, 4.69) is 30.8 Å². The van der Waals surface area contributed by atoms with Crippen molar-refractivity contribution in [3.05, 3.63) is 36.4 Å². The highest BCUT2D eigenvalue weighted by atomic mass is 31.2. The van der Waals surface area contributed by atoms with E-state index >= 15 is 0 Å². The van der Waals surface area contributed by atoms with E-state index < -0.39 is 7.91 Å². The molecular formula is C22H32FN10O5P. The predicted octanol–water partition coefficient (Wildman–Crippen LogP) is 0.122. The summed E-state index contributed by atoms with van der Waals surface area (Å²) in [6.07, 6.45) is 0. The van der Waals surface area contributed by atoms with Crippen molar-refractivity contribution in [1.29, 1.82) is 0 Å². The van der Waals surface area contributed by atoms with Crippen molar-refractivity contribution in [3.63, 3.8) is 0 Å². The number of methoxy groups -OCH3 is 2. The Hall–Kier alpha value is -4.14. The SMILES string of the molecule is COC(N(C)c1cccc2n[nH]nc12)=[N+](C)C.COC(N(C)c1cccc2n[nH]nc12)=[N+](C)C.O=P([O-])([O-])F. The first kappa shape index (κ1) is 31.1. The smallest absolute Gasteiger partial charge is 0.450 e. The molecule has 0 amide bonds. The number of nitrogens with zero attached hydrogens (tertiary/aromatic N) is 8. The van der Waals surface area contributed by atoms with E-state index in [1.54, 1.807) is 14.2 Å². The largest absolute Gasteiger partial charge is 0.786 e. The molecule has 0 bridgehead atoms. The predicted molar refractivity (Wildman–Crippen MR) is 142 cm³/mol. The highest BCUT2D eigenvalue weighted by Gasteiger charge is 2.23. The first-order valence-electron chi connectivity index (χ1n) is 11.2. The first-order chi connectivity index (χ1) is 18.3. The minimum Gasteiger partial charge on any atom is -0.786 e. The minimum atomic E-state index is -5.64. The van der Waals surface area contributed by atoms with Crippen LogP contribution in [0.1, 0.15) is 0 Å². The van der Waals surface area contributed by atoms with Crippen LogP contribution >= 0.6 is 7.91 Å². The van der Waals surface area contributed by atoms with E-state index in [0.29, 0.717) is 0 Å². The van der Waals surface area contributed by atoms with Crippen molar-refractivity contribution < 1.29 is 37.2 Å². The Kier molecular flexibility index (Phi) is 10.8. The van der Waals surface area contributed by atoms with Crippen LogP contribution in [0, 0.1) is 0 Å². The highest BCUT2D eigenvalue weighted by Crippen LogP contribution is 2.24. The monoisotopic (exact) mass is 566 g/mol. The molecule has 0 fully saturated rings. The molecule has 0 aliphatic carbocycles. The average Bonchev–Trinajstić information content (AvgIpc) is 3.53. The number of ether oxygens (including phenoxy) is 2. The lowest BCUT2D eigenvalue weighted by Crippen LogP contribution is -2.34. The van der Waals surface area contributed by atoms with Gasteiger partial charge < -0.3 is 23.8 Å². The number of nitrogens with one attached hydrogen (secondary N) is 2. The number of anilines is 2. The van der Waals surface area contributed by atoms with Gasteiger partial charge >= 0.3 is 12.0 Å². The molecule has 4 rings (SSSR count). The van der Waals surface area contributed by atoms with Crippen molar-refractivity contribution >= 4 is 53.4 Å². The van der Waals surface area contributed by atoms with Crippen LogP contribution in [0.5, 0.6) is 0 Å². The van der Waals surface area contributed by atoms with E-state index in [9.17, 15) is 4.20 Å². The Morgan fingerprint density at radius 2 is 1.13 bits per heavy atom. The molecule has 4 aromatic rings. The van der Waals surface area contributed by atoms with Crippen molar-refractivity contribution in [2.75, 3.05) is 66.3 Å². The molecule has 0 saturated heterocycles. The van der Waals surface area contributed by atoms with E-state index in [1.807, 2.05) is 97.6 Å². The summed E-state index contributed by atoms with van der Waals surface area (Å²) in [7, 11) is 9.24. The lowest BCUT2D eigenvalue weighted by Gasteiger charge is -2.15. The third-order valence-electron chi connectivity index (χ3n) is 5.08. The van der Waals surface area contributed by atoms with Crippen LogP contribution in [0.25, 0.3) is 22.1 Å². The second-order valence-corrected chi connectivity index (χ2v) is 9.11. The van der Waals surface area contributed by atoms with Gasteiger partial charge in [0.15, 0.2) is 22.4 Å². The quantitative estimate of drug-likeness (QED) is 0.146. The van der Waals surface area contributed by atoms with Gasteiger partial charge in [-0.05, 0) is 24.3 Å². The summed E-state index contributed by atoms with van der Waals surface area (Å²) in [5.41, 5.74) is 5.22. The summed E-state index contributed by atoms with van der Waals surface area (Å²) in [5, 5.41) is 21.7. The van der Waals surface area contributed by atoms with Crippen molar-refractivity contribution in [1.82, 2.24) is 30.8 Å². The molecule has 0 saturated carbocycles. The number of amidine groups is 2. The number of hydrogen-bond donors (Lipinski definition) is 2. The van der Waals surface area contributed by atoms with Gasteiger partial charge in [0, 0.05) is 0 Å². The number of rotatable bonds is 2. The number of halogens is 1. The van der Waals surface area contributed by atoms with Crippen LogP contribution in [0.15, 0.2) is 36.4 Å². The van der Waals surface area contributed by atoms with Crippen LogP contribution < -0.4 is 19.6 Å². The van der Waals surface area contributed by atoms with Gasteiger partial charge in [0.25, 0.3) is 0 Å². The van der Waals surface area contributed by atoms with Crippen LogP contribution in [-0.2, 0) is 14.0 Å². The maximum absolute atomic E-state index is 10.1. The molecule has 212 valence electrons. The number of aromatic amines is 2. The fourth-order valence-electron chi connectivity index (χ4n) is 3.69. The van der Waals surface area contributed by atoms with Gasteiger partial charge in [0.1, 0.15) is 18.9 Å². The third-order valence-corrected chi connectivity index (χ3v) is 5.08. The van der Waals surface area contributed by atoms with Crippen LogP contribution in [0.2, 0.25) is 0 Å². The zero-order valence-corrected chi connectivity index (χ0v) is 23.8. The number of fused-ring (bicyclic) bond motifs is 2. The average molecular weight is 567 g/mol. The molecule has 0 atom stereocenters. The van der Waals surface area contributed by atoms with E-state index in [4.69, 9.17) is 23.8 Å². The lowest BCUT2D eigenvalue weighted by atomic mass is 10.2. The number of aromatic nitrogens is 6. The van der Waals surface area contributed by atoms with E-state index in [1.165, 1.54) is 0 Å². The van der Waals surface area contributed by atoms with Gasteiger partial charge in [-0.3, -0.25) is 0 Å². The standard InChI is InChI=1S/2C11H16N5O.FH2O3P/c2*1-15(2)11(17-4)16(3)9-7-5-6-8-10(9)13-14-12-8;1-5(2,3)4/h2*5-7H,1-4H3,(H,12,13,14);(H2,2,3,4)/q2*+1;/p-2.